The van der Waals surface area contributed by atoms with Gasteiger partial charge in [0.25, 0.3) is 0 Å². The van der Waals surface area contributed by atoms with Gasteiger partial charge in [-0.25, -0.2) is 4.79 Å². The van der Waals surface area contributed by atoms with Gasteiger partial charge in [-0.2, -0.15) is 13.0 Å². The molecule has 0 spiro atoms. The van der Waals surface area contributed by atoms with Crippen LogP contribution in [0.25, 0.3) is 21.8 Å². The van der Waals surface area contributed by atoms with Gasteiger partial charge in [-0.1, -0.05) is 24.3 Å². The van der Waals surface area contributed by atoms with Crippen LogP contribution >= 0.6 is 0 Å². The number of primary amides is 1. The number of benzene rings is 2. The Morgan fingerprint density at radius 2 is 1.55 bits per heavy atom. The summed E-state index contributed by atoms with van der Waals surface area (Å²) in [6, 6.07) is 14.7. The molecule has 0 fully saturated rings. The predicted molar refractivity (Wildman–Crippen MR) is 115 cm³/mol. The first-order chi connectivity index (χ1) is 14.5. The number of pyridine rings is 1. The maximum Gasteiger partial charge on any atom is 0.397 e. The Bertz CT molecular complexity index is 1160. The van der Waals surface area contributed by atoms with Crippen LogP contribution in [0.5, 0.6) is 0 Å². The van der Waals surface area contributed by atoms with E-state index in [9.17, 15) is 23.1 Å². The normalized spacial score (nSPS) is 12.1. The smallest absolute Gasteiger partial charge is 0.397 e. The van der Waals surface area contributed by atoms with Crippen LogP contribution in [-0.4, -0.2) is 43.1 Å². The van der Waals surface area contributed by atoms with Gasteiger partial charge in [0.2, 0.25) is 16.9 Å². The molecule has 11 heteroatoms. The molecule has 1 aromatic heterocycles. The van der Waals surface area contributed by atoms with Crippen molar-refractivity contribution < 1.29 is 36.4 Å². The quantitative estimate of drug-likeness (QED) is 0.239. The minimum Gasteiger partial charge on any atom is -0.480 e. The summed E-state index contributed by atoms with van der Waals surface area (Å²) in [5.74, 6) is -1.52. The number of carbonyl (C=O) groups is 2. The SMILES string of the molecule is COS(=O)(=O)O.C[n+]1c2ccccc2c(NC(CCC(N)=O)C(=O)O)c2ccccc21. The Labute approximate surface area is 179 Å². The Balaban J connectivity index is 0.000000501. The first kappa shape index (κ1) is 24.0. The number of hydrogen-bond acceptors (Lipinski definition) is 6. The van der Waals surface area contributed by atoms with Crippen LogP contribution in [0.2, 0.25) is 0 Å². The molecular weight excluding hydrogens is 426 g/mol. The molecule has 0 aliphatic rings. The molecule has 3 aromatic rings. The van der Waals surface area contributed by atoms with Gasteiger partial charge < -0.3 is 16.2 Å². The summed E-state index contributed by atoms with van der Waals surface area (Å²) in [4.78, 5) is 22.7. The minimum absolute atomic E-state index is 0.0143. The van der Waals surface area contributed by atoms with Gasteiger partial charge in [0.1, 0.15) is 13.1 Å². The zero-order valence-corrected chi connectivity index (χ0v) is 17.8. The zero-order valence-electron chi connectivity index (χ0n) is 17.0. The Morgan fingerprint density at radius 3 is 1.94 bits per heavy atom. The van der Waals surface area contributed by atoms with Gasteiger partial charge >= 0.3 is 16.4 Å². The largest absolute Gasteiger partial charge is 0.480 e. The summed E-state index contributed by atoms with van der Waals surface area (Å²) < 4.78 is 31.8. The van der Waals surface area contributed by atoms with E-state index in [4.69, 9.17) is 10.3 Å². The van der Waals surface area contributed by atoms with E-state index >= 15 is 0 Å². The van der Waals surface area contributed by atoms with Crippen molar-refractivity contribution in [3.63, 3.8) is 0 Å². The summed E-state index contributed by atoms with van der Waals surface area (Å²) in [7, 11) is -1.31. The number of nitrogens with one attached hydrogen (secondary N) is 1. The number of fused-ring (bicyclic) bond motifs is 2. The van der Waals surface area contributed by atoms with Crippen molar-refractivity contribution in [1.29, 1.82) is 0 Å². The van der Waals surface area contributed by atoms with Gasteiger partial charge in [-0.3, -0.25) is 13.5 Å². The van der Waals surface area contributed by atoms with Crippen molar-refractivity contribution in [3.8, 4) is 0 Å². The third kappa shape index (κ3) is 6.35. The molecule has 31 heavy (non-hydrogen) atoms. The molecule has 0 radical (unpaired) electrons. The van der Waals surface area contributed by atoms with E-state index in [1.807, 2.05) is 55.6 Å². The van der Waals surface area contributed by atoms with Crippen LogP contribution in [0.1, 0.15) is 12.8 Å². The third-order valence-corrected chi connectivity index (χ3v) is 5.00. The fourth-order valence-electron chi connectivity index (χ4n) is 3.10. The number of hydrogen-bond donors (Lipinski definition) is 4. The van der Waals surface area contributed by atoms with Crippen molar-refractivity contribution in [2.24, 2.45) is 12.8 Å². The van der Waals surface area contributed by atoms with Crippen LogP contribution in [-0.2, 0) is 31.2 Å². The van der Waals surface area contributed by atoms with E-state index in [-0.39, 0.29) is 12.8 Å². The third-order valence-electron chi connectivity index (χ3n) is 4.58. The van der Waals surface area contributed by atoms with E-state index < -0.39 is 28.3 Å². The van der Waals surface area contributed by atoms with Crippen LogP contribution in [0, 0.1) is 0 Å². The highest BCUT2D eigenvalue weighted by molar-refractivity contribution is 7.80. The van der Waals surface area contributed by atoms with Gasteiger partial charge in [-0.15, -0.1) is 0 Å². The van der Waals surface area contributed by atoms with Crippen LogP contribution in [0.3, 0.4) is 0 Å². The van der Waals surface area contributed by atoms with Crippen molar-refractivity contribution in [1.82, 2.24) is 0 Å². The summed E-state index contributed by atoms with van der Waals surface area (Å²) in [6.45, 7) is 0. The number of aliphatic carboxylic acids is 1. The molecule has 3 rings (SSSR count). The van der Waals surface area contributed by atoms with Crippen molar-refractivity contribution >= 4 is 49.8 Å². The fourth-order valence-corrected chi connectivity index (χ4v) is 3.10. The number of amides is 1. The van der Waals surface area contributed by atoms with Gasteiger partial charge in [0.05, 0.1) is 23.6 Å². The molecule has 0 saturated carbocycles. The summed E-state index contributed by atoms with van der Waals surface area (Å²) >= 11 is 0. The topological polar surface area (TPSA) is 160 Å². The molecule has 1 unspecified atom stereocenters. The predicted octanol–water partition coefficient (Wildman–Crippen LogP) is 1.38. The lowest BCUT2D eigenvalue weighted by Gasteiger charge is -2.18. The molecule has 166 valence electrons. The second-order valence-corrected chi connectivity index (χ2v) is 7.79. The number of aromatic nitrogens is 1. The van der Waals surface area contributed by atoms with E-state index in [2.05, 4.69) is 14.1 Å². The number of carbonyl (C=O) groups excluding carboxylic acids is 1. The second-order valence-electron chi connectivity index (χ2n) is 6.60. The number of nitrogens with zero attached hydrogens (tertiary/aromatic N) is 1. The maximum atomic E-state index is 11.6. The molecular formula is C20H24N3O7S+. The highest BCUT2D eigenvalue weighted by Gasteiger charge is 2.23. The lowest BCUT2D eigenvalue weighted by molar-refractivity contribution is -0.617. The van der Waals surface area contributed by atoms with Crippen molar-refractivity contribution in [3.05, 3.63) is 48.5 Å². The molecule has 1 amide bonds. The zero-order chi connectivity index (χ0) is 23.2. The molecule has 2 aromatic carbocycles. The van der Waals surface area contributed by atoms with E-state index in [0.717, 1.165) is 34.6 Å². The number of rotatable bonds is 7. The summed E-state index contributed by atoms with van der Waals surface area (Å²) in [5, 5.41) is 14.5. The summed E-state index contributed by atoms with van der Waals surface area (Å²) in [6.07, 6.45) is 0.148. The van der Waals surface area contributed by atoms with Crippen LogP contribution < -0.4 is 15.6 Å². The van der Waals surface area contributed by atoms with Crippen molar-refractivity contribution in [2.45, 2.75) is 18.9 Å². The molecule has 1 heterocycles. The molecule has 5 N–H and O–H groups in total. The average molecular weight is 450 g/mol. The highest BCUT2D eigenvalue weighted by atomic mass is 32.3. The maximum absolute atomic E-state index is 11.6. The molecule has 0 saturated heterocycles. The number of carboxylic acid groups (broad SMARTS) is 1. The molecule has 0 aliphatic carbocycles. The Hall–Kier alpha value is -3.28. The second kappa shape index (κ2) is 10.2. The molecule has 0 aliphatic heterocycles. The first-order valence-electron chi connectivity index (χ1n) is 9.15. The monoisotopic (exact) mass is 450 g/mol. The lowest BCUT2D eigenvalue weighted by atomic mass is 10.0. The Morgan fingerprint density at radius 1 is 1.10 bits per heavy atom. The number of aryl methyl sites for hydroxylation is 1. The highest BCUT2D eigenvalue weighted by Crippen LogP contribution is 2.30. The average Bonchev–Trinajstić information content (AvgIpc) is 2.73. The van der Waals surface area contributed by atoms with Gasteiger partial charge in [0.15, 0.2) is 0 Å². The standard InChI is InChI=1S/C19H19N3O3.CH4O4S/c1-22-15-8-4-2-6-12(15)18(13-7-3-5-9-16(13)22)21-14(19(24)25)10-11-17(20)23;1-5-6(2,3)4/h2-9,14H,10-11H2,1H3,(H3,20,23,24,25);1H3,(H,2,3,4)/p+1. The number of carboxylic acids is 1. The number of nitrogens with two attached hydrogens (primary N) is 1. The lowest BCUT2D eigenvalue weighted by Crippen LogP contribution is -2.33. The van der Waals surface area contributed by atoms with Gasteiger partial charge in [-0.05, 0) is 18.6 Å². The van der Waals surface area contributed by atoms with Crippen LogP contribution in [0.15, 0.2) is 48.5 Å². The fraction of sp³-hybridized carbons (Fsp3) is 0.250. The summed E-state index contributed by atoms with van der Waals surface area (Å²) in [5.41, 5.74) is 7.90. The Kier molecular flexibility index (Phi) is 7.86. The van der Waals surface area contributed by atoms with Crippen molar-refractivity contribution in [2.75, 3.05) is 12.4 Å². The van der Waals surface area contributed by atoms with Crippen LogP contribution in [0.4, 0.5) is 5.69 Å². The van der Waals surface area contributed by atoms with E-state index in [1.165, 1.54) is 0 Å². The molecule has 10 nitrogen and oxygen atoms in total. The molecule has 0 bridgehead atoms. The van der Waals surface area contributed by atoms with E-state index in [1.54, 1.807) is 0 Å². The van der Waals surface area contributed by atoms with E-state index in [0.29, 0.717) is 0 Å². The van der Waals surface area contributed by atoms with Gasteiger partial charge in [0, 0.05) is 18.6 Å². The molecule has 1 atom stereocenters. The minimum atomic E-state index is -4.16. The first-order valence-corrected chi connectivity index (χ1v) is 10.5. The number of anilines is 1. The number of para-hydroxylation sites is 2.